The Hall–Kier alpha value is -1.38. The van der Waals surface area contributed by atoms with Crippen LogP contribution in [0.1, 0.15) is 31.9 Å². The largest absolute Gasteiger partial charge is 0.426 e. The van der Waals surface area contributed by atoms with Crippen molar-refractivity contribution >= 4 is 5.97 Å². The Labute approximate surface area is 95.4 Å². The van der Waals surface area contributed by atoms with E-state index in [0.717, 1.165) is 0 Å². The Morgan fingerprint density at radius 2 is 1.62 bits per heavy atom. The van der Waals surface area contributed by atoms with E-state index >= 15 is 0 Å². The maximum atomic E-state index is 13.3. The summed E-state index contributed by atoms with van der Waals surface area (Å²) in [6, 6.07) is 3.07. The minimum atomic E-state index is -0.559. The van der Waals surface area contributed by atoms with Gasteiger partial charge < -0.3 is 4.74 Å². The van der Waals surface area contributed by atoms with Crippen LogP contribution in [0.15, 0.2) is 12.1 Å². The van der Waals surface area contributed by atoms with Crippen LogP contribution in [0, 0.1) is 25.1 Å². The van der Waals surface area contributed by atoms with Gasteiger partial charge in [-0.05, 0) is 57.9 Å². The molecule has 0 saturated heterocycles. The summed E-state index contributed by atoms with van der Waals surface area (Å²) in [6.07, 6.45) is 0. The van der Waals surface area contributed by atoms with Gasteiger partial charge in [-0.1, -0.05) is 0 Å². The van der Waals surface area contributed by atoms with Gasteiger partial charge in [-0.25, -0.2) is 4.39 Å². The number of hydrogen-bond donors (Lipinski definition) is 0. The van der Waals surface area contributed by atoms with Gasteiger partial charge in [0.2, 0.25) is 0 Å². The number of benzene rings is 1. The first-order valence-electron chi connectivity index (χ1n) is 5.21. The van der Waals surface area contributed by atoms with E-state index in [1.165, 1.54) is 12.1 Å². The van der Waals surface area contributed by atoms with Gasteiger partial charge >= 0.3 is 5.97 Å². The summed E-state index contributed by atoms with van der Waals surface area (Å²) in [7, 11) is 0. The fourth-order valence-corrected chi connectivity index (χ4v) is 1.23. The van der Waals surface area contributed by atoms with Crippen molar-refractivity contribution < 1.29 is 13.9 Å². The first kappa shape index (κ1) is 12.7. The molecule has 0 heterocycles. The molecule has 0 bridgehead atoms. The van der Waals surface area contributed by atoms with E-state index in [0.29, 0.717) is 16.9 Å². The fourth-order valence-electron chi connectivity index (χ4n) is 1.23. The SMILES string of the molecule is Cc1cc(OC(=O)C(C)(C)C)cc(C)c1F. The predicted molar refractivity (Wildman–Crippen MR) is 61.0 cm³/mol. The van der Waals surface area contributed by atoms with E-state index < -0.39 is 5.41 Å². The van der Waals surface area contributed by atoms with Crippen LogP contribution in [-0.2, 0) is 4.79 Å². The number of hydrogen-bond acceptors (Lipinski definition) is 2. The molecule has 2 nitrogen and oxygen atoms in total. The first-order chi connectivity index (χ1) is 7.21. The quantitative estimate of drug-likeness (QED) is 0.540. The molecule has 0 aliphatic heterocycles. The average molecular weight is 224 g/mol. The third kappa shape index (κ3) is 2.81. The van der Waals surface area contributed by atoms with Crippen molar-refractivity contribution in [3.8, 4) is 5.75 Å². The van der Waals surface area contributed by atoms with Crippen molar-refractivity contribution in [3.05, 3.63) is 29.1 Å². The van der Waals surface area contributed by atoms with E-state index in [4.69, 9.17) is 4.74 Å². The molecule has 0 fully saturated rings. The molecule has 0 amide bonds. The number of rotatable bonds is 1. The lowest BCUT2D eigenvalue weighted by Gasteiger charge is -2.17. The van der Waals surface area contributed by atoms with Crippen LogP contribution in [0.25, 0.3) is 0 Å². The van der Waals surface area contributed by atoms with Gasteiger partial charge in [-0.2, -0.15) is 0 Å². The van der Waals surface area contributed by atoms with Crippen molar-refractivity contribution in [1.82, 2.24) is 0 Å². The summed E-state index contributed by atoms with van der Waals surface area (Å²) in [5, 5.41) is 0. The molecule has 0 N–H and O–H groups in total. The van der Waals surface area contributed by atoms with Gasteiger partial charge in [0.15, 0.2) is 0 Å². The summed E-state index contributed by atoms with van der Waals surface area (Å²) < 4.78 is 18.5. The van der Waals surface area contributed by atoms with Gasteiger partial charge in [0.1, 0.15) is 11.6 Å². The Kier molecular flexibility index (Phi) is 3.36. The van der Waals surface area contributed by atoms with Gasteiger partial charge in [-0.15, -0.1) is 0 Å². The molecule has 16 heavy (non-hydrogen) atoms. The number of aryl methyl sites for hydroxylation is 2. The maximum Gasteiger partial charge on any atom is 0.316 e. The summed E-state index contributed by atoms with van der Waals surface area (Å²) in [6.45, 7) is 8.63. The third-order valence-corrected chi connectivity index (χ3v) is 2.23. The van der Waals surface area contributed by atoms with E-state index in [1.54, 1.807) is 34.6 Å². The minimum Gasteiger partial charge on any atom is -0.426 e. The molecule has 0 spiro atoms. The summed E-state index contributed by atoms with van der Waals surface area (Å²) >= 11 is 0. The predicted octanol–water partition coefficient (Wildman–Crippen LogP) is 3.39. The average Bonchev–Trinajstić information content (AvgIpc) is 2.12. The fraction of sp³-hybridized carbons (Fsp3) is 0.462. The highest BCUT2D eigenvalue weighted by Gasteiger charge is 2.24. The molecular weight excluding hydrogens is 207 g/mol. The van der Waals surface area contributed by atoms with E-state index in [-0.39, 0.29) is 11.8 Å². The molecule has 1 aromatic rings. The van der Waals surface area contributed by atoms with Gasteiger partial charge in [0.25, 0.3) is 0 Å². The summed E-state index contributed by atoms with van der Waals surface area (Å²) in [5.74, 6) is -0.176. The third-order valence-electron chi connectivity index (χ3n) is 2.23. The van der Waals surface area contributed by atoms with Crippen LogP contribution in [0.4, 0.5) is 4.39 Å². The molecular formula is C13H17FO2. The molecule has 0 aliphatic carbocycles. The van der Waals surface area contributed by atoms with E-state index in [9.17, 15) is 9.18 Å². The van der Waals surface area contributed by atoms with Crippen LogP contribution in [0.3, 0.4) is 0 Å². The van der Waals surface area contributed by atoms with Crippen LogP contribution in [0.2, 0.25) is 0 Å². The van der Waals surface area contributed by atoms with Crippen molar-refractivity contribution in [2.24, 2.45) is 5.41 Å². The van der Waals surface area contributed by atoms with Crippen molar-refractivity contribution in [2.75, 3.05) is 0 Å². The lowest BCUT2D eigenvalue weighted by molar-refractivity contribution is -0.143. The zero-order valence-corrected chi connectivity index (χ0v) is 10.3. The van der Waals surface area contributed by atoms with Crippen LogP contribution >= 0.6 is 0 Å². The van der Waals surface area contributed by atoms with Crippen molar-refractivity contribution in [1.29, 1.82) is 0 Å². The van der Waals surface area contributed by atoms with E-state index in [2.05, 4.69) is 0 Å². The van der Waals surface area contributed by atoms with Gasteiger partial charge in [-0.3, -0.25) is 4.79 Å². The minimum absolute atomic E-state index is 0.254. The molecule has 0 unspecified atom stereocenters. The Bertz CT molecular complexity index is 393. The van der Waals surface area contributed by atoms with Crippen LogP contribution in [-0.4, -0.2) is 5.97 Å². The molecule has 3 heteroatoms. The number of halogens is 1. The number of esters is 1. The molecule has 0 aliphatic rings. The Morgan fingerprint density at radius 1 is 1.19 bits per heavy atom. The maximum absolute atomic E-state index is 13.3. The summed E-state index contributed by atoms with van der Waals surface area (Å²) in [5.41, 5.74) is 0.407. The molecule has 0 atom stereocenters. The zero-order chi connectivity index (χ0) is 12.5. The molecule has 88 valence electrons. The highest BCUT2D eigenvalue weighted by molar-refractivity contribution is 5.77. The zero-order valence-electron chi connectivity index (χ0n) is 10.3. The number of carbonyl (C=O) groups excluding carboxylic acids is 1. The van der Waals surface area contributed by atoms with Crippen molar-refractivity contribution in [3.63, 3.8) is 0 Å². The van der Waals surface area contributed by atoms with Gasteiger partial charge in [0, 0.05) is 0 Å². The van der Waals surface area contributed by atoms with Gasteiger partial charge in [0.05, 0.1) is 5.41 Å². The number of carbonyl (C=O) groups is 1. The first-order valence-corrected chi connectivity index (χ1v) is 5.21. The molecule has 0 saturated carbocycles. The van der Waals surface area contributed by atoms with Crippen LogP contribution in [0.5, 0.6) is 5.75 Å². The van der Waals surface area contributed by atoms with Crippen LogP contribution < -0.4 is 4.74 Å². The standard InChI is InChI=1S/C13H17FO2/c1-8-6-10(7-9(2)11(8)14)16-12(15)13(3,4)5/h6-7H,1-5H3. The molecule has 0 radical (unpaired) electrons. The highest BCUT2D eigenvalue weighted by Crippen LogP contribution is 2.23. The second kappa shape index (κ2) is 4.24. The topological polar surface area (TPSA) is 26.3 Å². The highest BCUT2D eigenvalue weighted by atomic mass is 19.1. The normalized spacial score (nSPS) is 11.4. The smallest absolute Gasteiger partial charge is 0.316 e. The monoisotopic (exact) mass is 224 g/mol. The summed E-state index contributed by atoms with van der Waals surface area (Å²) in [4.78, 5) is 11.6. The Balaban J connectivity index is 2.96. The Morgan fingerprint density at radius 3 is 2.00 bits per heavy atom. The second-order valence-electron chi connectivity index (χ2n) is 5.01. The van der Waals surface area contributed by atoms with E-state index in [1.807, 2.05) is 0 Å². The molecule has 0 aromatic heterocycles. The molecule has 1 rings (SSSR count). The lowest BCUT2D eigenvalue weighted by atomic mass is 9.97. The molecule has 1 aromatic carbocycles. The lowest BCUT2D eigenvalue weighted by Crippen LogP contribution is -2.25. The second-order valence-corrected chi connectivity index (χ2v) is 5.01. The number of ether oxygens (including phenoxy) is 1. The van der Waals surface area contributed by atoms with Crippen molar-refractivity contribution in [2.45, 2.75) is 34.6 Å².